The topological polar surface area (TPSA) is 58.2 Å². The van der Waals surface area contributed by atoms with Crippen molar-refractivity contribution in [3.8, 4) is 0 Å². The summed E-state index contributed by atoms with van der Waals surface area (Å²) in [7, 11) is -0.743. The fraction of sp³-hybridized carbons (Fsp3) is 0.889. The van der Waals surface area contributed by atoms with E-state index in [0.29, 0.717) is 24.6 Å². The van der Waals surface area contributed by atoms with Crippen LogP contribution in [0, 0.1) is 5.92 Å². The van der Waals surface area contributed by atoms with E-state index in [-0.39, 0.29) is 5.91 Å². The molecule has 1 aliphatic rings. The maximum Gasteiger partial charge on any atom is 0.220 e. The third-order valence-electron chi connectivity index (χ3n) is 2.27. The Morgan fingerprint density at radius 3 is 2.79 bits per heavy atom. The van der Waals surface area contributed by atoms with Gasteiger partial charge >= 0.3 is 0 Å². The minimum absolute atomic E-state index is 0.124. The highest BCUT2D eigenvalue weighted by atomic mass is 32.2. The van der Waals surface area contributed by atoms with E-state index < -0.39 is 10.8 Å². The summed E-state index contributed by atoms with van der Waals surface area (Å²) in [6, 6.07) is 0. The van der Waals surface area contributed by atoms with Crippen LogP contribution in [0.2, 0.25) is 0 Å². The molecule has 0 aliphatic carbocycles. The van der Waals surface area contributed by atoms with E-state index in [9.17, 15) is 9.00 Å². The molecular formula is C9H18N2O2S. The molecule has 82 valence electrons. The third kappa shape index (κ3) is 4.72. The van der Waals surface area contributed by atoms with Gasteiger partial charge in [0.2, 0.25) is 5.91 Å². The standard InChI is InChI=1S/C9H18N2O2S/c1-14(13)4-2-3-11-9(12)5-8-6-10-7-8/h8,10H,2-7H2,1H3,(H,11,12). The summed E-state index contributed by atoms with van der Waals surface area (Å²) in [6.45, 7) is 2.58. The molecule has 1 fully saturated rings. The van der Waals surface area contributed by atoms with Crippen LogP contribution in [0.4, 0.5) is 0 Å². The molecule has 0 aromatic heterocycles. The van der Waals surface area contributed by atoms with Gasteiger partial charge in [0, 0.05) is 35.8 Å². The second-order valence-corrected chi connectivity index (χ2v) is 5.26. The van der Waals surface area contributed by atoms with Gasteiger partial charge in [0.1, 0.15) is 0 Å². The van der Waals surface area contributed by atoms with E-state index in [1.54, 1.807) is 6.26 Å². The van der Waals surface area contributed by atoms with E-state index in [4.69, 9.17) is 0 Å². The lowest BCUT2D eigenvalue weighted by molar-refractivity contribution is -0.122. The molecule has 14 heavy (non-hydrogen) atoms. The van der Waals surface area contributed by atoms with Crippen LogP contribution in [-0.4, -0.2) is 41.8 Å². The maximum absolute atomic E-state index is 11.3. The highest BCUT2D eigenvalue weighted by molar-refractivity contribution is 7.84. The third-order valence-corrected chi connectivity index (χ3v) is 3.13. The Balaban J connectivity index is 1.94. The SMILES string of the molecule is CS(=O)CCCNC(=O)CC1CNC1. The number of carbonyl (C=O) groups excluding carboxylic acids is 1. The number of carbonyl (C=O) groups is 1. The summed E-state index contributed by atoms with van der Waals surface area (Å²) in [4.78, 5) is 11.3. The summed E-state index contributed by atoms with van der Waals surface area (Å²) in [5.41, 5.74) is 0. The largest absolute Gasteiger partial charge is 0.356 e. The molecule has 0 spiro atoms. The quantitative estimate of drug-likeness (QED) is 0.590. The lowest BCUT2D eigenvalue weighted by Crippen LogP contribution is -2.44. The van der Waals surface area contributed by atoms with Gasteiger partial charge in [0.05, 0.1) is 0 Å². The van der Waals surface area contributed by atoms with E-state index >= 15 is 0 Å². The number of rotatable bonds is 6. The fourth-order valence-corrected chi connectivity index (χ4v) is 1.88. The van der Waals surface area contributed by atoms with Crippen molar-refractivity contribution in [3.63, 3.8) is 0 Å². The van der Waals surface area contributed by atoms with Gasteiger partial charge in [0.25, 0.3) is 0 Å². The van der Waals surface area contributed by atoms with Crippen molar-refractivity contribution in [1.29, 1.82) is 0 Å². The lowest BCUT2D eigenvalue weighted by Gasteiger charge is -2.26. The Bertz CT molecular complexity index is 217. The molecule has 1 heterocycles. The molecule has 1 amide bonds. The molecule has 1 atom stereocenters. The van der Waals surface area contributed by atoms with Crippen molar-refractivity contribution in [2.75, 3.05) is 31.6 Å². The van der Waals surface area contributed by atoms with Crippen LogP contribution >= 0.6 is 0 Å². The summed E-state index contributed by atoms with van der Waals surface area (Å²) in [5, 5.41) is 5.96. The predicted molar refractivity (Wildman–Crippen MR) is 57.5 cm³/mol. The minimum Gasteiger partial charge on any atom is -0.356 e. The van der Waals surface area contributed by atoms with Gasteiger partial charge in [-0.2, -0.15) is 0 Å². The summed E-state index contributed by atoms with van der Waals surface area (Å²) >= 11 is 0. The zero-order valence-corrected chi connectivity index (χ0v) is 9.36. The smallest absolute Gasteiger partial charge is 0.220 e. The molecule has 1 saturated heterocycles. The van der Waals surface area contributed by atoms with E-state index in [1.165, 1.54) is 0 Å². The van der Waals surface area contributed by atoms with E-state index in [2.05, 4.69) is 10.6 Å². The molecule has 1 aliphatic heterocycles. The van der Waals surface area contributed by atoms with Gasteiger partial charge in [-0.3, -0.25) is 9.00 Å². The zero-order valence-electron chi connectivity index (χ0n) is 8.54. The van der Waals surface area contributed by atoms with Gasteiger partial charge in [0.15, 0.2) is 0 Å². The van der Waals surface area contributed by atoms with Crippen molar-refractivity contribution < 1.29 is 9.00 Å². The summed E-state index contributed by atoms with van der Waals surface area (Å²) in [5.74, 6) is 1.32. The molecule has 0 aromatic rings. The first-order valence-electron chi connectivity index (χ1n) is 4.96. The predicted octanol–water partition coefficient (Wildman–Crippen LogP) is -0.519. The van der Waals surface area contributed by atoms with E-state index in [0.717, 1.165) is 19.5 Å². The van der Waals surface area contributed by atoms with Crippen LogP contribution < -0.4 is 10.6 Å². The molecule has 1 rings (SSSR count). The minimum atomic E-state index is -0.743. The molecule has 4 nitrogen and oxygen atoms in total. The van der Waals surface area contributed by atoms with Gasteiger partial charge in [-0.15, -0.1) is 0 Å². The molecule has 0 saturated carbocycles. The monoisotopic (exact) mass is 218 g/mol. The van der Waals surface area contributed by atoms with Crippen molar-refractivity contribution in [1.82, 2.24) is 10.6 Å². The number of hydrogen-bond donors (Lipinski definition) is 2. The molecule has 0 aromatic carbocycles. The Kier molecular flexibility index (Phi) is 5.11. The average molecular weight is 218 g/mol. The average Bonchev–Trinajstić information content (AvgIpc) is 2.05. The van der Waals surface area contributed by atoms with Crippen molar-refractivity contribution in [2.45, 2.75) is 12.8 Å². The van der Waals surface area contributed by atoms with Crippen LogP contribution in [0.15, 0.2) is 0 Å². The Morgan fingerprint density at radius 1 is 1.57 bits per heavy atom. The van der Waals surface area contributed by atoms with Crippen LogP contribution in [0.25, 0.3) is 0 Å². The molecule has 2 N–H and O–H groups in total. The first-order valence-corrected chi connectivity index (χ1v) is 6.68. The highest BCUT2D eigenvalue weighted by Gasteiger charge is 2.19. The number of hydrogen-bond acceptors (Lipinski definition) is 3. The van der Waals surface area contributed by atoms with Crippen molar-refractivity contribution in [2.24, 2.45) is 5.92 Å². The Hall–Kier alpha value is -0.420. The van der Waals surface area contributed by atoms with E-state index in [1.807, 2.05) is 0 Å². The maximum atomic E-state index is 11.3. The Morgan fingerprint density at radius 2 is 2.29 bits per heavy atom. The fourth-order valence-electron chi connectivity index (χ4n) is 1.33. The highest BCUT2D eigenvalue weighted by Crippen LogP contribution is 2.07. The molecular weight excluding hydrogens is 200 g/mol. The lowest BCUT2D eigenvalue weighted by atomic mass is 9.99. The van der Waals surface area contributed by atoms with Crippen LogP contribution in [0.1, 0.15) is 12.8 Å². The summed E-state index contributed by atoms with van der Waals surface area (Å²) < 4.78 is 10.7. The first-order chi connectivity index (χ1) is 6.68. The van der Waals surface area contributed by atoms with Gasteiger partial charge in [-0.1, -0.05) is 0 Å². The molecule has 1 unspecified atom stereocenters. The van der Waals surface area contributed by atoms with Crippen molar-refractivity contribution >= 4 is 16.7 Å². The van der Waals surface area contributed by atoms with Crippen molar-refractivity contribution in [3.05, 3.63) is 0 Å². The van der Waals surface area contributed by atoms with Gasteiger partial charge in [-0.05, 0) is 25.4 Å². The molecule has 0 radical (unpaired) electrons. The second kappa shape index (κ2) is 6.14. The zero-order chi connectivity index (χ0) is 10.4. The Labute approximate surface area is 87.3 Å². The number of amides is 1. The van der Waals surface area contributed by atoms with Gasteiger partial charge in [-0.25, -0.2) is 0 Å². The van der Waals surface area contributed by atoms with Gasteiger partial charge < -0.3 is 10.6 Å². The molecule has 0 bridgehead atoms. The first kappa shape index (κ1) is 11.7. The number of nitrogens with one attached hydrogen (secondary N) is 2. The van der Waals surface area contributed by atoms with Crippen LogP contribution in [-0.2, 0) is 15.6 Å². The summed E-state index contributed by atoms with van der Waals surface area (Å²) in [6.07, 6.45) is 3.11. The van der Waals surface area contributed by atoms with Crippen LogP contribution in [0.3, 0.4) is 0 Å². The second-order valence-electron chi connectivity index (χ2n) is 3.71. The molecule has 5 heteroatoms. The van der Waals surface area contributed by atoms with Crippen LogP contribution in [0.5, 0.6) is 0 Å². The normalized spacial score (nSPS) is 18.6.